The first-order chi connectivity index (χ1) is 18.5. The van der Waals surface area contributed by atoms with Gasteiger partial charge in [-0.05, 0) is 72.4 Å². The normalized spacial score (nSPS) is 14.0. The molecule has 4 amide bonds. The van der Waals surface area contributed by atoms with Crippen LogP contribution < -0.4 is 20.3 Å². The van der Waals surface area contributed by atoms with Gasteiger partial charge in [-0.1, -0.05) is 44.2 Å². The standard InChI is InChI=1S/C29H31F3N4O3/c1-19(2)22-8-10-23(11-9-22)33-27(37)34-25-17-20(3)5-14-26(25)36-16-4-15-35(28(36)38)18-21-6-12-24(13-7-21)39-29(30,31)32/h5-14,17,19H,4,15-16,18H2,1-3H3,(H2,33,34,37). The topological polar surface area (TPSA) is 73.9 Å². The van der Waals surface area contributed by atoms with E-state index in [1.54, 1.807) is 15.9 Å². The minimum atomic E-state index is -4.76. The van der Waals surface area contributed by atoms with Gasteiger partial charge in [-0.3, -0.25) is 4.90 Å². The van der Waals surface area contributed by atoms with Crippen LogP contribution in [0.15, 0.2) is 66.7 Å². The van der Waals surface area contributed by atoms with Crippen LogP contribution in [0, 0.1) is 6.92 Å². The minimum Gasteiger partial charge on any atom is -0.406 e. The fourth-order valence-corrected chi connectivity index (χ4v) is 4.39. The van der Waals surface area contributed by atoms with Crippen LogP contribution in [0.25, 0.3) is 0 Å². The van der Waals surface area contributed by atoms with E-state index in [0.29, 0.717) is 48.1 Å². The number of rotatable bonds is 7. The molecule has 0 spiro atoms. The highest BCUT2D eigenvalue weighted by Gasteiger charge is 2.31. The van der Waals surface area contributed by atoms with Crippen LogP contribution in [-0.4, -0.2) is 36.4 Å². The molecule has 1 aliphatic heterocycles. The lowest BCUT2D eigenvalue weighted by Gasteiger charge is -2.36. The molecule has 1 saturated heterocycles. The molecular formula is C29H31F3N4O3. The van der Waals surface area contributed by atoms with Gasteiger partial charge in [-0.15, -0.1) is 13.2 Å². The van der Waals surface area contributed by atoms with Crippen LogP contribution in [0.3, 0.4) is 0 Å². The summed E-state index contributed by atoms with van der Waals surface area (Å²) >= 11 is 0. The zero-order chi connectivity index (χ0) is 28.2. The molecule has 1 fully saturated rings. The summed E-state index contributed by atoms with van der Waals surface area (Å²) in [6, 6.07) is 17.9. The number of hydrogen-bond donors (Lipinski definition) is 2. The number of ether oxygens (including phenoxy) is 1. The molecule has 39 heavy (non-hydrogen) atoms. The molecule has 0 aliphatic carbocycles. The van der Waals surface area contributed by atoms with Crippen molar-refractivity contribution >= 4 is 29.1 Å². The lowest BCUT2D eigenvalue weighted by molar-refractivity contribution is -0.274. The molecule has 0 unspecified atom stereocenters. The molecule has 2 N–H and O–H groups in total. The molecule has 3 aromatic carbocycles. The highest BCUT2D eigenvalue weighted by Crippen LogP contribution is 2.31. The zero-order valence-electron chi connectivity index (χ0n) is 22.0. The number of halogens is 3. The SMILES string of the molecule is Cc1ccc(N2CCCN(Cc3ccc(OC(F)(F)F)cc3)C2=O)c(NC(=O)Nc2ccc(C(C)C)cc2)c1. The van der Waals surface area contributed by atoms with Crippen molar-refractivity contribution in [1.29, 1.82) is 0 Å². The van der Waals surface area contributed by atoms with E-state index >= 15 is 0 Å². The summed E-state index contributed by atoms with van der Waals surface area (Å²) in [5.41, 5.74) is 4.46. The Balaban J connectivity index is 1.46. The lowest BCUT2D eigenvalue weighted by atomic mass is 10.0. The van der Waals surface area contributed by atoms with E-state index in [4.69, 9.17) is 0 Å². The van der Waals surface area contributed by atoms with Crippen LogP contribution in [-0.2, 0) is 6.54 Å². The van der Waals surface area contributed by atoms with Crippen molar-refractivity contribution in [3.63, 3.8) is 0 Å². The third-order valence-electron chi connectivity index (χ3n) is 6.37. The minimum absolute atomic E-state index is 0.225. The molecule has 206 valence electrons. The number of aryl methyl sites for hydroxylation is 1. The summed E-state index contributed by atoms with van der Waals surface area (Å²) in [6.45, 7) is 7.28. The molecule has 1 heterocycles. The predicted molar refractivity (Wildman–Crippen MR) is 145 cm³/mol. The van der Waals surface area contributed by atoms with E-state index in [1.165, 1.54) is 29.8 Å². The van der Waals surface area contributed by atoms with Crippen molar-refractivity contribution in [1.82, 2.24) is 4.90 Å². The van der Waals surface area contributed by atoms with Gasteiger partial charge in [0.15, 0.2) is 0 Å². The predicted octanol–water partition coefficient (Wildman–Crippen LogP) is 7.49. The number of nitrogens with one attached hydrogen (secondary N) is 2. The molecule has 1 aliphatic rings. The molecule has 4 rings (SSSR count). The number of alkyl halides is 3. The van der Waals surface area contributed by atoms with Crippen LogP contribution >= 0.6 is 0 Å². The van der Waals surface area contributed by atoms with E-state index in [2.05, 4.69) is 29.2 Å². The Morgan fingerprint density at radius 1 is 0.974 bits per heavy atom. The largest absolute Gasteiger partial charge is 0.573 e. The average Bonchev–Trinajstić information content (AvgIpc) is 2.86. The van der Waals surface area contributed by atoms with Crippen molar-refractivity contribution in [3.05, 3.63) is 83.4 Å². The number of hydrogen-bond acceptors (Lipinski definition) is 3. The molecule has 0 saturated carbocycles. The maximum Gasteiger partial charge on any atom is 0.573 e. The van der Waals surface area contributed by atoms with E-state index in [9.17, 15) is 22.8 Å². The Bertz CT molecular complexity index is 1310. The second kappa shape index (κ2) is 11.7. The van der Waals surface area contributed by atoms with E-state index in [1.807, 2.05) is 43.3 Å². The van der Waals surface area contributed by atoms with Crippen LogP contribution in [0.5, 0.6) is 5.75 Å². The monoisotopic (exact) mass is 540 g/mol. The Hall–Kier alpha value is -4.21. The quantitative estimate of drug-likeness (QED) is 0.326. The molecule has 0 atom stereocenters. The van der Waals surface area contributed by atoms with Crippen LogP contribution in [0.1, 0.15) is 42.9 Å². The number of carbonyl (C=O) groups excluding carboxylic acids is 2. The van der Waals surface area contributed by atoms with Gasteiger partial charge in [0.05, 0.1) is 11.4 Å². The zero-order valence-corrected chi connectivity index (χ0v) is 22.0. The lowest BCUT2D eigenvalue weighted by Crippen LogP contribution is -2.49. The number of amides is 4. The second-order valence-corrected chi connectivity index (χ2v) is 9.78. The molecule has 0 radical (unpaired) electrons. The summed E-state index contributed by atoms with van der Waals surface area (Å²) in [5.74, 6) is 0.0644. The smallest absolute Gasteiger partial charge is 0.406 e. The third-order valence-corrected chi connectivity index (χ3v) is 6.37. The summed E-state index contributed by atoms with van der Waals surface area (Å²) in [6.07, 6.45) is -4.08. The molecule has 3 aromatic rings. The Morgan fingerprint density at radius 2 is 1.67 bits per heavy atom. The molecule has 10 heteroatoms. The van der Waals surface area contributed by atoms with Gasteiger partial charge in [0.2, 0.25) is 0 Å². The van der Waals surface area contributed by atoms with Gasteiger partial charge in [-0.2, -0.15) is 0 Å². The Kier molecular flexibility index (Phi) is 8.32. The van der Waals surface area contributed by atoms with E-state index in [-0.39, 0.29) is 18.3 Å². The van der Waals surface area contributed by atoms with Gasteiger partial charge in [-0.25, -0.2) is 9.59 Å². The molecule has 7 nitrogen and oxygen atoms in total. The first-order valence-electron chi connectivity index (χ1n) is 12.7. The van der Waals surface area contributed by atoms with Crippen LogP contribution in [0.2, 0.25) is 0 Å². The Morgan fingerprint density at radius 3 is 2.31 bits per heavy atom. The summed E-state index contributed by atoms with van der Waals surface area (Å²) in [5, 5.41) is 5.71. The second-order valence-electron chi connectivity index (χ2n) is 9.78. The Labute approximate surface area is 225 Å². The number of nitrogens with zero attached hydrogens (tertiary/aromatic N) is 2. The van der Waals surface area contributed by atoms with E-state index < -0.39 is 12.4 Å². The number of benzene rings is 3. The molecule has 0 bridgehead atoms. The highest BCUT2D eigenvalue weighted by atomic mass is 19.4. The average molecular weight is 541 g/mol. The van der Waals surface area contributed by atoms with Gasteiger partial charge in [0, 0.05) is 25.3 Å². The van der Waals surface area contributed by atoms with Crippen molar-refractivity contribution in [3.8, 4) is 5.75 Å². The molecular weight excluding hydrogens is 509 g/mol. The first-order valence-corrected chi connectivity index (χ1v) is 12.7. The maximum absolute atomic E-state index is 13.4. The summed E-state index contributed by atoms with van der Waals surface area (Å²) in [4.78, 5) is 29.5. The van der Waals surface area contributed by atoms with Crippen molar-refractivity contribution in [2.24, 2.45) is 0 Å². The summed E-state index contributed by atoms with van der Waals surface area (Å²) < 4.78 is 41.3. The van der Waals surface area contributed by atoms with Gasteiger partial charge < -0.3 is 20.3 Å². The number of anilines is 3. The fourth-order valence-electron chi connectivity index (χ4n) is 4.39. The van der Waals surface area contributed by atoms with Crippen LogP contribution in [0.4, 0.5) is 39.8 Å². The number of urea groups is 2. The van der Waals surface area contributed by atoms with Crippen molar-refractivity contribution in [2.75, 3.05) is 28.6 Å². The van der Waals surface area contributed by atoms with Gasteiger partial charge in [0.1, 0.15) is 5.75 Å². The van der Waals surface area contributed by atoms with Gasteiger partial charge in [0.25, 0.3) is 0 Å². The highest BCUT2D eigenvalue weighted by molar-refractivity contribution is 6.04. The first kappa shape index (κ1) is 27.8. The third kappa shape index (κ3) is 7.43. The van der Waals surface area contributed by atoms with Gasteiger partial charge >= 0.3 is 18.4 Å². The summed E-state index contributed by atoms with van der Waals surface area (Å²) in [7, 11) is 0. The van der Waals surface area contributed by atoms with E-state index in [0.717, 1.165) is 5.56 Å². The maximum atomic E-state index is 13.4. The van der Waals surface area contributed by atoms with Crippen molar-refractivity contribution in [2.45, 2.75) is 46.0 Å². The fraction of sp³-hybridized carbons (Fsp3) is 0.310. The van der Waals surface area contributed by atoms with Crippen molar-refractivity contribution < 1.29 is 27.5 Å². The number of carbonyl (C=O) groups is 2. The molecule has 0 aromatic heterocycles.